The molecule has 0 unspecified atom stereocenters. The molecule has 2 amide bonds. The van der Waals surface area contributed by atoms with Gasteiger partial charge >= 0.3 is 5.97 Å². The van der Waals surface area contributed by atoms with E-state index in [1.807, 2.05) is 4.90 Å². The fourth-order valence-electron chi connectivity index (χ4n) is 3.95. The van der Waals surface area contributed by atoms with E-state index in [4.69, 9.17) is 0 Å². The molecule has 0 radical (unpaired) electrons. The average Bonchev–Trinajstić information content (AvgIpc) is 2.68. The molecule has 2 N–H and O–H groups in total. The van der Waals surface area contributed by atoms with Crippen molar-refractivity contribution < 1.29 is 19.5 Å². The molecule has 0 spiro atoms. The van der Waals surface area contributed by atoms with Gasteiger partial charge in [-0.15, -0.1) is 0 Å². The number of carbonyl (C=O) groups is 3. The minimum atomic E-state index is -0.896. The number of rotatable bonds is 4. The minimum Gasteiger partial charge on any atom is -0.481 e. The monoisotopic (exact) mass is 358 g/mol. The van der Waals surface area contributed by atoms with Crippen molar-refractivity contribution >= 4 is 23.5 Å². The van der Waals surface area contributed by atoms with Gasteiger partial charge in [0.15, 0.2) is 0 Å². The first-order valence-corrected chi connectivity index (χ1v) is 9.49. The average molecular weight is 358 g/mol. The summed E-state index contributed by atoms with van der Waals surface area (Å²) in [6.07, 6.45) is 6.16. The van der Waals surface area contributed by atoms with Gasteiger partial charge in [-0.3, -0.25) is 14.4 Å². The first-order chi connectivity index (χ1) is 12.6. The third-order valence-electron chi connectivity index (χ3n) is 5.46. The van der Waals surface area contributed by atoms with E-state index in [0.29, 0.717) is 24.1 Å². The Balaban J connectivity index is 1.62. The van der Waals surface area contributed by atoms with Crippen molar-refractivity contribution in [3.63, 3.8) is 0 Å². The molecule has 2 aliphatic rings. The van der Waals surface area contributed by atoms with E-state index in [-0.39, 0.29) is 11.8 Å². The summed E-state index contributed by atoms with van der Waals surface area (Å²) in [4.78, 5) is 38.2. The van der Waals surface area contributed by atoms with Gasteiger partial charge < -0.3 is 15.3 Å². The van der Waals surface area contributed by atoms with Gasteiger partial charge in [0, 0.05) is 24.3 Å². The number of amides is 2. The molecular weight excluding hydrogens is 332 g/mol. The molecule has 1 saturated carbocycles. The van der Waals surface area contributed by atoms with Crippen molar-refractivity contribution in [3.05, 3.63) is 29.8 Å². The van der Waals surface area contributed by atoms with Crippen LogP contribution in [0.15, 0.2) is 24.3 Å². The van der Waals surface area contributed by atoms with Crippen LogP contribution in [0.25, 0.3) is 0 Å². The van der Waals surface area contributed by atoms with Crippen molar-refractivity contribution in [2.24, 2.45) is 11.8 Å². The molecule has 1 aliphatic carbocycles. The van der Waals surface area contributed by atoms with E-state index < -0.39 is 17.8 Å². The molecule has 3 rings (SSSR count). The second-order valence-electron chi connectivity index (χ2n) is 7.26. The molecule has 0 aromatic heterocycles. The van der Waals surface area contributed by atoms with E-state index in [0.717, 1.165) is 38.8 Å². The second kappa shape index (κ2) is 8.34. The third kappa shape index (κ3) is 4.23. The Labute approximate surface area is 153 Å². The van der Waals surface area contributed by atoms with Crippen LogP contribution in [0.1, 0.15) is 55.3 Å². The van der Waals surface area contributed by atoms with Gasteiger partial charge in [0.2, 0.25) is 5.91 Å². The molecule has 1 aromatic rings. The minimum absolute atomic E-state index is 0.0285. The van der Waals surface area contributed by atoms with Crippen LogP contribution >= 0.6 is 0 Å². The summed E-state index contributed by atoms with van der Waals surface area (Å²) in [6.45, 7) is 1.60. The van der Waals surface area contributed by atoms with Gasteiger partial charge in [-0.2, -0.15) is 0 Å². The van der Waals surface area contributed by atoms with Crippen molar-refractivity contribution in [2.75, 3.05) is 18.4 Å². The maximum absolute atomic E-state index is 12.5. The number of carboxylic acids is 1. The summed E-state index contributed by atoms with van der Waals surface area (Å²) in [5, 5.41) is 12.1. The van der Waals surface area contributed by atoms with E-state index in [1.165, 1.54) is 6.42 Å². The summed E-state index contributed by atoms with van der Waals surface area (Å²) in [5.41, 5.74) is 1.21. The number of benzene rings is 1. The number of anilines is 1. The summed E-state index contributed by atoms with van der Waals surface area (Å²) in [5.74, 6) is -2.21. The molecule has 1 heterocycles. The Hall–Kier alpha value is -2.37. The van der Waals surface area contributed by atoms with Crippen molar-refractivity contribution in [3.8, 4) is 0 Å². The third-order valence-corrected chi connectivity index (χ3v) is 5.46. The maximum Gasteiger partial charge on any atom is 0.307 e. The number of aliphatic carboxylic acids is 1. The van der Waals surface area contributed by atoms with Crippen molar-refractivity contribution in [1.82, 2.24) is 4.90 Å². The highest BCUT2D eigenvalue weighted by atomic mass is 16.4. The van der Waals surface area contributed by atoms with E-state index in [1.54, 1.807) is 24.3 Å². The van der Waals surface area contributed by atoms with Crippen molar-refractivity contribution in [2.45, 2.75) is 44.9 Å². The first-order valence-electron chi connectivity index (χ1n) is 9.49. The van der Waals surface area contributed by atoms with Crippen LogP contribution in [-0.4, -0.2) is 40.9 Å². The standard InChI is InChI=1S/C20H26N2O4/c23-18(16-6-2-3-7-17(16)20(25)26)21-15-10-8-14(9-11-15)19(24)22-12-4-1-5-13-22/h8-11,16-17H,1-7,12-13H2,(H,21,23)(H,25,26)/t16-,17-/m1/s1. The Bertz CT molecular complexity index is 665. The number of hydrogen-bond acceptors (Lipinski definition) is 3. The van der Waals surface area contributed by atoms with Crippen LogP contribution in [0.5, 0.6) is 0 Å². The van der Waals surface area contributed by atoms with Gasteiger partial charge in [0.05, 0.1) is 11.8 Å². The molecule has 1 saturated heterocycles. The lowest BCUT2D eigenvalue weighted by Crippen LogP contribution is -2.36. The highest BCUT2D eigenvalue weighted by Gasteiger charge is 2.35. The van der Waals surface area contributed by atoms with Crippen LogP contribution in [0.4, 0.5) is 5.69 Å². The van der Waals surface area contributed by atoms with Crippen LogP contribution in [0, 0.1) is 11.8 Å². The zero-order valence-corrected chi connectivity index (χ0v) is 14.9. The summed E-state index contributed by atoms with van der Waals surface area (Å²) >= 11 is 0. The maximum atomic E-state index is 12.5. The summed E-state index contributed by atoms with van der Waals surface area (Å²) in [7, 11) is 0. The fraction of sp³-hybridized carbons (Fsp3) is 0.550. The molecule has 140 valence electrons. The highest BCUT2D eigenvalue weighted by Crippen LogP contribution is 2.31. The Kier molecular flexibility index (Phi) is 5.91. The number of carbonyl (C=O) groups excluding carboxylic acids is 2. The highest BCUT2D eigenvalue weighted by molar-refractivity contribution is 5.97. The number of carboxylic acid groups (broad SMARTS) is 1. The first kappa shape index (κ1) is 18.4. The predicted octanol–water partition coefficient (Wildman–Crippen LogP) is 3.14. The van der Waals surface area contributed by atoms with Gasteiger partial charge in [0.1, 0.15) is 0 Å². The van der Waals surface area contributed by atoms with Gasteiger partial charge in [-0.05, 0) is 56.4 Å². The molecule has 2 atom stereocenters. The smallest absolute Gasteiger partial charge is 0.307 e. The zero-order valence-electron chi connectivity index (χ0n) is 14.9. The Morgan fingerprint density at radius 2 is 1.50 bits per heavy atom. The number of nitrogens with one attached hydrogen (secondary N) is 1. The van der Waals surface area contributed by atoms with Crippen molar-refractivity contribution in [1.29, 1.82) is 0 Å². The summed E-state index contributed by atoms with van der Waals surface area (Å²) < 4.78 is 0. The predicted molar refractivity (Wildman–Crippen MR) is 97.9 cm³/mol. The van der Waals surface area contributed by atoms with Gasteiger partial charge in [0.25, 0.3) is 5.91 Å². The second-order valence-corrected chi connectivity index (χ2v) is 7.26. The fourth-order valence-corrected chi connectivity index (χ4v) is 3.95. The lowest BCUT2D eigenvalue weighted by molar-refractivity contribution is -0.147. The number of likely N-dealkylation sites (tertiary alicyclic amines) is 1. The number of hydrogen-bond donors (Lipinski definition) is 2. The Morgan fingerprint density at radius 3 is 2.12 bits per heavy atom. The lowest BCUT2D eigenvalue weighted by Gasteiger charge is -2.27. The van der Waals surface area contributed by atoms with E-state index >= 15 is 0 Å². The Morgan fingerprint density at radius 1 is 0.885 bits per heavy atom. The van der Waals surface area contributed by atoms with Gasteiger partial charge in [-0.1, -0.05) is 12.8 Å². The molecular formula is C20H26N2O4. The number of piperidine rings is 1. The molecule has 2 fully saturated rings. The molecule has 1 aliphatic heterocycles. The molecule has 1 aromatic carbocycles. The van der Waals surface area contributed by atoms with Gasteiger partial charge in [-0.25, -0.2) is 0 Å². The van der Waals surface area contributed by atoms with Crippen LogP contribution in [0.3, 0.4) is 0 Å². The van der Waals surface area contributed by atoms with Crippen LogP contribution in [0.2, 0.25) is 0 Å². The molecule has 0 bridgehead atoms. The zero-order chi connectivity index (χ0) is 18.5. The topological polar surface area (TPSA) is 86.7 Å². The molecule has 26 heavy (non-hydrogen) atoms. The number of nitrogens with zero attached hydrogens (tertiary/aromatic N) is 1. The lowest BCUT2D eigenvalue weighted by atomic mass is 9.78. The summed E-state index contributed by atoms with van der Waals surface area (Å²) in [6, 6.07) is 6.88. The molecule has 6 nitrogen and oxygen atoms in total. The normalized spacial score (nSPS) is 23.3. The largest absolute Gasteiger partial charge is 0.481 e. The van der Waals surface area contributed by atoms with Crippen LogP contribution < -0.4 is 5.32 Å². The van der Waals surface area contributed by atoms with E-state index in [2.05, 4.69) is 5.32 Å². The SMILES string of the molecule is O=C(O)[C@@H]1CCCC[C@H]1C(=O)Nc1ccc(C(=O)N2CCCCC2)cc1. The van der Waals surface area contributed by atoms with Crippen LogP contribution in [-0.2, 0) is 9.59 Å². The molecule has 6 heteroatoms. The van der Waals surface area contributed by atoms with E-state index in [9.17, 15) is 19.5 Å². The quantitative estimate of drug-likeness (QED) is 0.866.